The molecule has 1 heterocycles. The first-order valence-electron chi connectivity index (χ1n) is 6.27. The zero-order valence-electron chi connectivity index (χ0n) is 11.5. The van der Waals surface area contributed by atoms with Crippen LogP contribution >= 0.6 is 11.6 Å². The molecule has 0 spiro atoms. The SMILES string of the molecule is CC(=O)[C@@H](C)N1C(=O)C(=O)N(Cc2cccc(Cl)c2)C1=O. The fourth-order valence-corrected chi connectivity index (χ4v) is 2.22. The van der Waals surface area contributed by atoms with Gasteiger partial charge in [-0.3, -0.25) is 19.3 Å². The van der Waals surface area contributed by atoms with Crippen LogP contribution in [0.25, 0.3) is 0 Å². The second-order valence-corrected chi connectivity index (χ2v) is 5.20. The number of ketones is 1. The molecule has 110 valence electrons. The minimum atomic E-state index is -0.982. The van der Waals surface area contributed by atoms with Gasteiger partial charge in [-0.15, -0.1) is 0 Å². The summed E-state index contributed by atoms with van der Waals surface area (Å²) in [5.74, 6) is -2.29. The molecule has 1 saturated heterocycles. The van der Waals surface area contributed by atoms with Crippen LogP contribution in [0.2, 0.25) is 5.02 Å². The number of nitrogens with zero attached hydrogens (tertiary/aromatic N) is 2. The number of Topliss-reactive ketones (excluding diaryl/α,β-unsaturated/α-hetero) is 1. The van der Waals surface area contributed by atoms with E-state index in [0.29, 0.717) is 15.5 Å². The molecule has 1 fully saturated rings. The van der Waals surface area contributed by atoms with Crippen LogP contribution in [-0.4, -0.2) is 39.5 Å². The Balaban J connectivity index is 2.26. The van der Waals surface area contributed by atoms with Crippen LogP contribution in [0.3, 0.4) is 0 Å². The number of carbonyl (C=O) groups excluding carboxylic acids is 4. The zero-order chi connectivity index (χ0) is 15.7. The first-order valence-corrected chi connectivity index (χ1v) is 6.64. The van der Waals surface area contributed by atoms with Crippen molar-refractivity contribution in [2.45, 2.75) is 26.4 Å². The van der Waals surface area contributed by atoms with Crippen LogP contribution < -0.4 is 0 Å². The van der Waals surface area contributed by atoms with Crippen molar-refractivity contribution in [1.29, 1.82) is 0 Å². The fourth-order valence-electron chi connectivity index (χ4n) is 2.00. The van der Waals surface area contributed by atoms with E-state index in [-0.39, 0.29) is 12.3 Å². The summed E-state index contributed by atoms with van der Waals surface area (Å²) in [6.45, 7) is 2.61. The molecular formula is C14H13ClN2O4. The Morgan fingerprint density at radius 2 is 1.90 bits per heavy atom. The minimum Gasteiger partial charge on any atom is -0.298 e. The summed E-state index contributed by atoms with van der Waals surface area (Å²) in [4.78, 5) is 48.8. The van der Waals surface area contributed by atoms with Crippen LogP contribution in [0.15, 0.2) is 24.3 Å². The molecule has 4 amide bonds. The van der Waals surface area contributed by atoms with Gasteiger partial charge in [-0.05, 0) is 31.5 Å². The highest BCUT2D eigenvalue weighted by Crippen LogP contribution is 2.20. The van der Waals surface area contributed by atoms with E-state index in [1.807, 2.05) is 0 Å². The third-order valence-corrected chi connectivity index (χ3v) is 3.52. The molecule has 0 N–H and O–H groups in total. The molecule has 0 saturated carbocycles. The van der Waals surface area contributed by atoms with Crippen LogP contribution in [0.4, 0.5) is 4.79 Å². The molecule has 1 aliphatic rings. The van der Waals surface area contributed by atoms with E-state index < -0.39 is 23.9 Å². The Labute approximate surface area is 126 Å². The summed E-state index contributed by atoms with van der Waals surface area (Å²) < 4.78 is 0. The Kier molecular flexibility index (Phi) is 4.09. The van der Waals surface area contributed by atoms with Crippen LogP contribution in [0.5, 0.6) is 0 Å². The summed E-state index contributed by atoms with van der Waals surface area (Å²) in [5.41, 5.74) is 0.620. The van der Waals surface area contributed by atoms with E-state index in [1.165, 1.54) is 13.8 Å². The average molecular weight is 309 g/mol. The number of benzene rings is 1. The largest absolute Gasteiger partial charge is 0.335 e. The summed E-state index contributed by atoms with van der Waals surface area (Å²) >= 11 is 5.84. The lowest BCUT2D eigenvalue weighted by atomic mass is 10.2. The van der Waals surface area contributed by atoms with Crippen molar-refractivity contribution in [1.82, 2.24) is 9.80 Å². The predicted octanol–water partition coefficient (Wildman–Crippen LogP) is 1.61. The first kappa shape index (κ1) is 15.2. The Morgan fingerprint density at radius 3 is 2.48 bits per heavy atom. The molecule has 21 heavy (non-hydrogen) atoms. The molecule has 6 nitrogen and oxygen atoms in total. The van der Waals surface area contributed by atoms with Gasteiger partial charge in [0.15, 0.2) is 5.78 Å². The minimum absolute atomic E-state index is 0.0644. The topological polar surface area (TPSA) is 74.8 Å². The maximum absolute atomic E-state index is 12.2. The maximum atomic E-state index is 12.2. The summed E-state index contributed by atoms with van der Waals surface area (Å²) in [5, 5.41) is 0.465. The van der Waals surface area contributed by atoms with Crippen molar-refractivity contribution in [2.75, 3.05) is 0 Å². The molecule has 0 aliphatic carbocycles. The molecule has 2 rings (SSSR count). The van der Waals surface area contributed by atoms with Crippen molar-refractivity contribution in [2.24, 2.45) is 0 Å². The molecule has 1 aliphatic heterocycles. The van der Waals surface area contributed by atoms with E-state index in [1.54, 1.807) is 24.3 Å². The van der Waals surface area contributed by atoms with Gasteiger partial charge in [0.1, 0.15) is 0 Å². The van der Waals surface area contributed by atoms with Gasteiger partial charge in [0.2, 0.25) is 0 Å². The van der Waals surface area contributed by atoms with Gasteiger partial charge in [-0.1, -0.05) is 23.7 Å². The Hall–Kier alpha value is -2.21. The molecule has 0 unspecified atom stereocenters. The number of carbonyl (C=O) groups is 4. The van der Waals surface area contributed by atoms with Crippen LogP contribution in [0, 0.1) is 0 Å². The van der Waals surface area contributed by atoms with Crippen molar-refractivity contribution >= 4 is 35.2 Å². The molecule has 1 atom stereocenters. The van der Waals surface area contributed by atoms with E-state index in [2.05, 4.69) is 0 Å². The van der Waals surface area contributed by atoms with Gasteiger partial charge in [0.05, 0.1) is 12.6 Å². The quantitative estimate of drug-likeness (QED) is 0.625. The number of urea groups is 1. The summed E-state index contributed by atoms with van der Waals surface area (Å²) in [7, 11) is 0. The van der Waals surface area contributed by atoms with Crippen molar-refractivity contribution < 1.29 is 19.2 Å². The van der Waals surface area contributed by atoms with Gasteiger partial charge in [0, 0.05) is 5.02 Å². The van der Waals surface area contributed by atoms with E-state index in [4.69, 9.17) is 11.6 Å². The van der Waals surface area contributed by atoms with E-state index in [0.717, 1.165) is 4.90 Å². The monoisotopic (exact) mass is 308 g/mol. The number of hydrogen-bond donors (Lipinski definition) is 0. The number of imide groups is 2. The van der Waals surface area contributed by atoms with Gasteiger partial charge in [0.25, 0.3) is 0 Å². The summed E-state index contributed by atoms with van der Waals surface area (Å²) in [6, 6.07) is 4.89. The first-order chi connectivity index (χ1) is 9.82. The van der Waals surface area contributed by atoms with Gasteiger partial charge in [-0.2, -0.15) is 0 Å². The van der Waals surface area contributed by atoms with Gasteiger partial charge in [-0.25, -0.2) is 9.69 Å². The molecule has 1 aromatic carbocycles. The highest BCUT2D eigenvalue weighted by molar-refractivity contribution is 6.45. The Bertz CT molecular complexity index is 644. The smallest absolute Gasteiger partial charge is 0.298 e. The lowest BCUT2D eigenvalue weighted by Gasteiger charge is -2.19. The normalized spacial score (nSPS) is 16.6. The number of rotatable bonds is 4. The van der Waals surface area contributed by atoms with Crippen molar-refractivity contribution in [3.05, 3.63) is 34.9 Å². The molecule has 0 bridgehead atoms. The highest BCUT2D eigenvalue weighted by atomic mass is 35.5. The van der Waals surface area contributed by atoms with Crippen molar-refractivity contribution in [3.8, 4) is 0 Å². The third-order valence-electron chi connectivity index (χ3n) is 3.29. The van der Waals surface area contributed by atoms with Crippen LogP contribution in [0.1, 0.15) is 19.4 Å². The second-order valence-electron chi connectivity index (χ2n) is 4.77. The average Bonchev–Trinajstić information content (AvgIpc) is 2.62. The summed E-state index contributed by atoms with van der Waals surface area (Å²) in [6.07, 6.45) is 0. The predicted molar refractivity (Wildman–Crippen MR) is 74.4 cm³/mol. The lowest BCUT2D eigenvalue weighted by molar-refractivity contribution is -0.145. The van der Waals surface area contributed by atoms with Crippen molar-refractivity contribution in [3.63, 3.8) is 0 Å². The fraction of sp³-hybridized carbons (Fsp3) is 0.286. The Morgan fingerprint density at radius 1 is 1.24 bits per heavy atom. The molecule has 0 aromatic heterocycles. The maximum Gasteiger partial charge on any atom is 0.335 e. The molecule has 1 aromatic rings. The lowest BCUT2D eigenvalue weighted by Crippen LogP contribution is -2.43. The number of hydrogen-bond acceptors (Lipinski definition) is 4. The van der Waals surface area contributed by atoms with E-state index in [9.17, 15) is 19.2 Å². The zero-order valence-corrected chi connectivity index (χ0v) is 12.3. The molecule has 0 radical (unpaired) electrons. The second kappa shape index (κ2) is 5.65. The standard InChI is InChI=1S/C14H13ClN2O4/c1-8(9(2)18)17-13(20)12(19)16(14(17)21)7-10-4-3-5-11(15)6-10/h3-6,8H,7H2,1-2H3/t8-/m1/s1. The third kappa shape index (κ3) is 2.80. The van der Waals surface area contributed by atoms with Gasteiger partial charge < -0.3 is 0 Å². The molecular weight excluding hydrogens is 296 g/mol. The molecule has 7 heteroatoms. The number of amides is 4. The van der Waals surface area contributed by atoms with Gasteiger partial charge >= 0.3 is 17.8 Å². The van der Waals surface area contributed by atoms with Crippen LogP contribution in [-0.2, 0) is 20.9 Å². The van der Waals surface area contributed by atoms with E-state index >= 15 is 0 Å². The number of halogens is 1. The highest BCUT2D eigenvalue weighted by Gasteiger charge is 2.47.